The Morgan fingerprint density at radius 2 is 1.35 bits per heavy atom. The van der Waals surface area contributed by atoms with Crippen molar-refractivity contribution in [2.24, 2.45) is 0 Å². The maximum atomic E-state index is 10.4. The minimum absolute atomic E-state index is 0.0880. The van der Waals surface area contributed by atoms with Crippen LogP contribution in [0.15, 0.2) is 60.7 Å². The number of rotatable bonds is 7. The molecular formula is C20H27NO2. The van der Waals surface area contributed by atoms with Crippen molar-refractivity contribution in [1.82, 2.24) is 5.32 Å². The zero-order valence-electron chi connectivity index (χ0n) is 14.1. The molecular weight excluding hydrogens is 286 g/mol. The highest BCUT2D eigenvalue weighted by Gasteiger charge is 1.95. The van der Waals surface area contributed by atoms with Crippen LogP contribution in [-0.2, 0) is 22.6 Å². The van der Waals surface area contributed by atoms with E-state index in [1.54, 1.807) is 0 Å². The Morgan fingerprint density at radius 3 is 1.74 bits per heavy atom. The molecule has 3 heteroatoms. The maximum Gasteiger partial charge on any atom is 0.305 e. The number of hydrogen-bond donors (Lipinski definition) is 1. The third-order valence-electron chi connectivity index (χ3n) is 3.10. The smallest absolute Gasteiger partial charge is 0.305 e. The summed E-state index contributed by atoms with van der Waals surface area (Å²) >= 11 is 0. The molecule has 124 valence electrons. The highest BCUT2D eigenvalue weighted by atomic mass is 16.5. The highest BCUT2D eigenvalue weighted by Crippen LogP contribution is 2.00. The summed E-state index contributed by atoms with van der Waals surface area (Å²) in [5, 5.41) is 3.42. The maximum absolute atomic E-state index is 10.4. The average molecular weight is 313 g/mol. The molecule has 3 nitrogen and oxygen atoms in total. The number of benzene rings is 2. The normalized spacial score (nSPS) is 9.65. The number of carbonyl (C=O) groups excluding carboxylic acids is 1. The molecule has 0 fully saturated rings. The molecule has 0 amide bonds. The van der Waals surface area contributed by atoms with Crippen LogP contribution < -0.4 is 5.32 Å². The summed E-state index contributed by atoms with van der Waals surface area (Å²) in [4.78, 5) is 10.4. The predicted octanol–water partition coefficient (Wildman–Crippen LogP) is 4.33. The number of esters is 1. The number of nitrogens with one attached hydrogen (secondary N) is 1. The molecule has 0 unspecified atom stereocenters. The molecule has 1 N–H and O–H groups in total. The van der Waals surface area contributed by atoms with Gasteiger partial charge in [0.1, 0.15) is 0 Å². The summed E-state index contributed by atoms with van der Waals surface area (Å²) in [5.41, 5.74) is 2.65. The van der Waals surface area contributed by atoms with E-state index in [0.717, 1.165) is 19.5 Å². The summed E-state index contributed by atoms with van der Waals surface area (Å²) in [6, 6.07) is 20.9. The second-order valence-corrected chi connectivity index (χ2v) is 5.13. The lowest BCUT2D eigenvalue weighted by Gasteiger charge is -2.04. The van der Waals surface area contributed by atoms with E-state index in [9.17, 15) is 4.79 Å². The SMILES string of the molecule is CCCC(=O)OCC.c1ccc(CNCc2ccccc2)cc1. The van der Waals surface area contributed by atoms with E-state index in [0.29, 0.717) is 13.0 Å². The fourth-order valence-corrected chi connectivity index (χ4v) is 1.98. The Bertz CT molecular complexity index is 478. The van der Waals surface area contributed by atoms with Crippen LogP contribution in [0.2, 0.25) is 0 Å². The van der Waals surface area contributed by atoms with Gasteiger partial charge >= 0.3 is 5.97 Å². The second kappa shape index (κ2) is 12.4. The van der Waals surface area contributed by atoms with Crippen LogP contribution in [0.1, 0.15) is 37.8 Å². The molecule has 0 aliphatic carbocycles. The zero-order valence-corrected chi connectivity index (χ0v) is 14.1. The first-order valence-electron chi connectivity index (χ1n) is 8.20. The first-order valence-corrected chi connectivity index (χ1v) is 8.20. The van der Waals surface area contributed by atoms with Gasteiger partial charge in [0.25, 0.3) is 0 Å². The van der Waals surface area contributed by atoms with Crippen LogP contribution in [0.4, 0.5) is 0 Å². The Labute approximate surface area is 139 Å². The van der Waals surface area contributed by atoms with E-state index in [1.807, 2.05) is 26.0 Å². The van der Waals surface area contributed by atoms with Crippen molar-refractivity contribution in [2.75, 3.05) is 6.61 Å². The van der Waals surface area contributed by atoms with Gasteiger partial charge in [0.15, 0.2) is 0 Å². The topological polar surface area (TPSA) is 38.3 Å². The van der Waals surface area contributed by atoms with Crippen molar-refractivity contribution >= 4 is 5.97 Å². The summed E-state index contributed by atoms with van der Waals surface area (Å²) in [6.45, 7) is 6.12. The molecule has 2 rings (SSSR count). The Morgan fingerprint density at radius 1 is 0.870 bits per heavy atom. The second-order valence-electron chi connectivity index (χ2n) is 5.13. The minimum Gasteiger partial charge on any atom is -0.466 e. The monoisotopic (exact) mass is 313 g/mol. The molecule has 0 saturated heterocycles. The van der Waals surface area contributed by atoms with Crippen LogP contribution in [0, 0.1) is 0 Å². The van der Waals surface area contributed by atoms with Gasteiger partial charge in [0, 0.05) is 19.5 Å². The molecule has 0 aliphatic rings. The third kappa shape index (κ3) is 9.48. The Balaban J connectivity index is 0.000000284. The minimum atomic E-state index is -0.0880. The van der Waals surface area contributed by atoms with E-state index >= 15 is 0 Å². The Hall–Kier alpha value is -2.13. The van der Waals surface area contributed by atoms with Crippen molar-refractivity contribution in [2.45, 2.75) is 39.8 Å². The molecule has 0 bridgehead atoms. The third-order valence-corrected chi connectivity index (χ3v) is 3.10. The van der Waals surface area contributed by atoms with E-state index in [-0.39, 0.29) is 5.97 Å². The van der Waals surface area contributed by atoms with Gasteiger partial charge in [-0.05, 0) is 24.5 Å². The first-order chi connectivity index (χ1) is 11.3. The summed E-state index contributed by atoms with van der Waals surface area (Å²) < 4.78 is 4.64. The van der Waals surface area contributed by atoms with Gasteiger partial charge in [0.05, 0.1) is 6.61 Å². The molecule has 0 radical (unpaired) electrons. The van der Waals surface area contributed by atoms with Crippen LogP contribution in [-0.4, -0.2) is 12.6 Å². The van der Waals surface area contributed by atoms with Crippen LogP contribution in [0.3, 0.4) is 0 Å². The van der Waals surface area contributed by atoms with Gasteiger partial charge in [0.2, 0.25) is 0 Å². The van der Waals surface area contributed by atoms with Crippen LogP contribution in [0.5, 0.6) is 0 Å². The van der Waals surface area contributed by atoms with E-state index in [2.05, 4.69) is 58.6 Å². The molecule has 0 aromatic heterocycles. The van der Waals surface area contributed by atoms with E-state index in [1.165, 1.54) is 11.1 Å². The molecule has 2 aromatic rings. The Kier molecular flexibility index (Phi) is 10.2. The van der Waals surface area contributed by atoms with E-state index in [4.69, 9.17) is 0 Å². The van der Waals surface area contributed by atoms with Crippen molar-refractivity contribution in [1.29, 1.82) is 0 Å². The molecule has 0 spiro atoms. The number of ether oxygens (including phenoxy) is 1. The number of hydrogen-bond acceptors (Lipinski definition) is 3. The highest BCUT2D eigenvalue weighted by molar-refractivity contribution is 5.69. The van der Waals surface area contributed by atoms with Gasteiger partial charge in [-0.3, -0.25) is 4.79 Å². The van der Waals surface area contributed by atoms with Gasteiger partial charge in [-0.25, -0.2) is 0 Å². The summed E-state index contributed by atoms with van der Waals surface area (Å²) in [6.07, 6.45) is 1.42. The molecule has 23 heavy (non-hydrogen) atoms. The van der Waals surface area contributed by atoms with Crippen molar-refractivity contribution in [3.05, 3.63) is 71.8 Å². The lowest BCUT2D eigenvalue weighted by molar-refractivity contribution is -0.143. The van der Waals surface area contributed by atoms with E-state index < -0.39 is 0 Å². The van der Waals surface area contributed by atoms with Gasteiger partial charge in [-0.2, -0.15) is 0 Å². The summed E-state index contributed by atoms with van der Waals surface area (Å²) in [5.74, 6) is -0.0880. The van der Waals surface area contributed by atoms with Gasteiger partial charge < -0.3 is 10.1 Å². The molecule has 0 aliphatic heterocycles. The first kappa shape index (κ1) is 18.9. The molecule has 0 atom stereocenters. The largest absolute Gasteiger partial charge is 0.466 e. The van der Waals surface area contributed by atoms with Crippen LogP contribution >= 0.6 is 0 Å². The average Bonchev–Trinajstić information content (AvgIpc) is 2.58. The van der Waals surface area contributed by atoms with Crippen molar-refractivity contribution in [3.8, 4) is 0 Å². The fourth-order valence-electron chi connectivity index (χ4n) is 1.98. The summed E-state index contributed by atoms with van der Waals surface area (Å²) in [7, 11) is 0. The molecule has 0 heterocycles. The zero-order chi connectivity index (χ0) is 16.8. The number of carbonyl (C=O) groups is 1. The quantitative estimate of drug-likeness (QED) is 0.773. The lowest BCUT2D eigenvalue weighted by Crippen LogP contribution is -2.12. The van der Waals surface area contributed by atoms with Crippen molar-refractivity contribution in [3.63, 3.8) is 0 Å². The van der Waals surface area contributed by atoms with Crippen molar-refractivity contribution < 1.29 is 9.53 Å². The molecule has 0 saturated carbocycles. The van der Waals surface area contributed by atoms with Crippen LogP contribution in [0.25, 0.3) is 0 Å². The van der Waals surface area contributed by atoms with Gasteiger partial charge in [-0.15, -0.1) is 0 Å². The molecule has 2 aromatic carbocycles. The predicted molar refractivity (Wildman–Crippen MR) is 95.0 cm³/mol. The standard InChI is InChI=1S/C14H15N.C6H12O2/c1-3-7-13(8-4-1)11-15-12-14-9-5-2-6-10-14;1-3-5-6(7)8-4-2/h1-10,15H,11-12H2;3-5H2,1-2H3. The van der Waals surface area contributed by atoms with Gasteiger partial charge in [-0.1, -0.05) is 67.6 Å². The fraction of sp³-hybridized carbons (Fsp3) is 0.350. The lowest BCUT2D eigenvalue weighted by atomic mass is 10.2.